The van der Waals surface area contributed by atoms with E-state index in [0.717, 1.165) is 29.7 Å². The first-order valence-electron chi connectivity index (χ1n) is 14.1. The number of carbonyl (C=O) groups is 1. The van der Waals surface area contributed by atoms with E-state index in [4.69, 9.17) is 20.3 Å². The van der Waals surface area contributed by atoms with Crippen LogP contribution < -0.4 is 16.0 Å². The van der Waals surface area contributed by atoms with Crippen molar-refractivity contribution in [3.63, 3.8) is 0 Å². The molecule has 2 heterocycles. The fraction of sp³-hybridized carbons (Fsp3) is 0.419. The summed E-state index contributed by atoms with van der Waals surface area (Å²) >= 11 is 0. The van der Waals surface area contributed by atoms with Crippen molar-refractivity contribution in [3.8, 4) is 5.75 Å². The third-order valence-electron chi connectivity index (χ3n) is 6.69. The Balaban J connectivity index is 0.000000408. The first kappa shape index (κ1) is 32.5. The summed E-state index contributed by atoms with van der Waals surface area (Å²) in [7, 11) is 1.77. The van der Waals surface area contributed by atoms with Gasteiger partial charge < -0.3 is 25.4 Å². The van der Waals surface area contributed by atoms with Crippen molar-refractivity contribution >= 4 is 17.0 Å². The molecule has 2 aromatic heterocycles. The van der Waals surface area contributed by atoms with Crippen molar-refractivity contribution in [3.05, 3.63) is 87.6 Å². The molecule has 1 unspecified atom stereocenters. The summed E-state index contributed by atoms with van der Waals surface area (Å²) in [6.45, 7) is 6.65. The third kappa shape index (κ3) is 8.48. The maximum atomic E-state index is 13.0. The van der Waals surface area contributed by atoms with Gasteiger partial charge in [-0.05, 0) is 43.5 Å². The van der Waals surface area contributed by atoms with Crippen LogP contribution in [0.5, 0.6) is 5.75 Å². The van der Waals surface area contributed by atoms with E-state index in [1.807, 2.05) is 49.4 Å². The molecule has 0 bridgehead atoms. The predicted octanol–water partition coefficient (Wildman–Crippen LogP) is 3.18. The van der Waals surface area contributed by atoms with E-state index >= 15 is 0 Å². The minimum absolute atomic E-state index is 0.00398. The van der Waals surface area contributed by atoms with E-state index in [1.165, 1.54) is 0 Å². The number of nitrogens with zero attached hydrogens (tertiary/aromatic N) is 4. The SMILES string of the molecule is CCCc1nn(C)c2c(=O)n(CCOc3ccc(C[C@H](OCC)C(=O)O)cc3)c(C)nc12.NC(CO)c1ccccc1. The first-order chi connectivity index (χ1) is 20.2. The molecule has 0 spiro atoms. The number of carboxylic acid groups (broad SMARTS) is 1. The average molecular weight is 580 g/mol. The lowest BCUT2D eigenvalue weighted by Gasteiger charge is -2.13. The van der Waals surface area contributed by atoms with Gasteiger partial charge in [-0.3, -0.25) is 14.0 Å². The van der Waals surface area contributed by atoms with Gasteiger partial charge in [0.1, 0.15) is 23.7 Å². The summed E-state index contributed by atoms with van der Waals surface area (Å²) in [5.41, 5.74) is 9.27. The van der Waals surface area contributed by atoms with Crippen LogP contribution in [-0.4, -0.2) is 61.4 Å². The number of aliphatic hydroxyl groups is 1. The van der Waals surface area contributed by atoms with Gasteiger partial charge in [-0.15, -0.1) is 0 Å². The van der Waals surface area contributed by atoms with Gasteiger partial charge in [0.05, 0.1) is 24.9 Å². The number of rotatable bonds is 13. The lowest BCUT2D eigenvalue weighted by Crippen LogP contribution is -2.27. The number of ether oxygens (including phenoxy) is 2. The van der Waals surface area contributed by atoms with Gasteiger partial charge >= 0.3 is 5.97 Å². The maximum absolute atomic E-state index is 13.0. The van der Waals surface area contributed by atoms with E-state index in [2.05, 4.69) is 17.0 Å². The predicted molar refractivity (Wildman–Crippen MR) is 161 cm³/mol. The zero-order chi connectivity index (χ0) is 30.6. The monoisotopic (exact) mass is 579 g/mol. The molecule has 2 atom stereocenters. The van der Waals surface area contributed by atoms with Crippen molar-refractivity contribution in [2.45, 2.75) is 58.7 Å². The number of hydrogen-bond acceptors (Lipinski definition) is 8. The van der Waals surface area contributed by atoms with Crippen LogP contribution in [0.2, 0.25) is 0 Å². The number of hydrogen-bond donors (Lipinski definition) is 3. The quantitative estimate of drug-likeness (QED) is 0.217. The highest BCUT2D eigenvalue weighted by atomic mass is 16.5. The molecule has 0 amide bonds. The first-order valence-corrected chi connectivity index (χ1v) is 14.1. The minimum Gasteiger partial charge on any atom is -0.492 e. The van der Waals surface area contributed by atoms with Gasteiger partial charge in [-0.2, -0.15) is 5.10 Å². The van der Waals surface area contributed by atoms with Crippen LogP contribution in [0, 0.1) is 6.92 Å². The molecule has 11 nitrogen and oxygen atoms in total. The Hall–Kier alpha value is -4.06. The average Bonchev–Trinajstić information content (AvgIpc) is 3.30. The summed E-state index contributed by atoms with van der Waals surface area (Å²) < 4.78 is 14.3. The van der Waals surface area contributed by atoms with E-state index < -0.39 is 12.1 Å². The molecule has 0 saturated carbocycles. The van der Waals surface area contributed by atoms with E-state index in [1.54, 1.807) is 35.4 Å². The molecule has 11 heteroatoms. The Bertz CT molecular complexity index is 1480. The van der Waals surface area contributed by atoms with E-state index in [9.17, 15) is 14.7 Å². The molecule has 0 aliphatic rings. The van der Waals surface area contributed by atoms with Crippen molar-refractivity contribution < 1.29 is 24.5 Å². The minimum atomic E-state index is -0.978. The molecular weight excluding hydrogens is 538 g/mol. The maximum Gasteiger partial charge on any atom is 0.333 e. The van der Waals surface area contributed by atoms with Crippen LogP contribution in [0.25, 0.3) is 11.0 Å². The number of aromatic nitrogens is 4. The van der Waals surface area contributed by atoms with Crippen molar-refractivity contribution in [2.24, 2.45) is 12.8 Å². The Kier molecular flexibility index (Phi) is 12.2. The number of nitrogens with two attached hydrogens (primary N) is 1. The summed E-state index contributed by atoms with van der Waals surface area (Å²) in [6, 6.07) is 16.5. The molecule has 0 saturated heterocycles. The molecular formula is C31H41N5O6. The zero-order valence-electron chi connectivity index (χ0n) is 24.7. The largest absolute Gasteiger partial charge is 0.492 e. The molecule has 0 fully saturated rings. The van der Waals surface area contributed by atoms with Crippen molar-refractivity contribution in [2.75, 3.05) is 19.8 Å². The smallest absolute Gasteiger partial charge is 0.333 e. The summed E-state index contributed by atoms with van der Waals surface area (Å²) in [5, 5.41) is 22.3. The second-order valence-corrected chi connectivity index (χ2v) is 9.81. The molecule has 0 radical (unpaired) electrons. The Morgan fingerprint density at radius 3 is 2.38 bits per heavy atom. The fourth-order valence-electron chi connectivity index (χ4n) is 4.51. The lowest BCUT2D eigenvalue weighted by molar-refractivity contribution is -0.149. The normalized spacial score (nSPS) is 12.4. The molecule has 4 aromatic rings. The van der Waals surface area contributed by atoms with Crippen LogP contribution in [0.3, 0.4) is 0 Å². The van der Waals surface area contributed by atoms with Crippen LogP contribution in [0.1, 0.15) is 49.0 Å². The Labute approximate surface area is 245 Å². The fourth-order valence-corrected chi connectivity index (χ4v) is 4.51. The van der Waals surface area contributed by atoms with Crippen LogP contribution in [-0.2, 0) is 36.0 Å². The second-order valence-electron chi connectivity index (χ2n) is 9.81. The van der Waals surface area contributed by atoms with E-state index in [-0.39, 0.29) is 24.6 Å². The number of carboxylic acids is 1. The molecule has 42 heavy (non-hydrogen) atoms. The lowest BCUT2D eigenvalue weighted by atomic mass is 10.1. The van der Waals surface area contributed by atoms with Gasteiger partial charge in [-0.25, -0.2) is 9.78 Å². The summed E-state index contributed by atoms with van der Waals surface area (Å²) in [6.07, 6.45) is 1.14. The van der Waals surface area contributed by atoms with Crippen molar-refractivity contribution in [1.82, 2.24) is 19.3 Å². The van der Waals surface area contributed by atoms with Crippen LogP contribution in [0.15, 0.2) is 59.4 Å². The van der Waals surface area contributed by atoms with Gasteiger partial charge in [-0.1, -0.05) is 55.8 Å². The Morgan fingerprint density at radius 1 is 1.10 bits per heavy atom. The number of fused-ring (bicyclic) bond motifs is 1. The standard InChI is InChI=1S/C23H30N4O5.C8H11NO/c1-5-7-18-20-21(26(4)25-18)22(28)27(15(3)24-20)12-13-32-17-10-8-16(9-11-17)14-19(23(29)30)31-6-2;9-8(6-10)7-4-2-1-3-5-7/h8-11,19H,5-7,12-14H2,1-4H3,(H,29,30);1-5,8,10H,6,9H2/t19-;/m0./s1. The highest BCUT2D eigenvalue weighted by Gasteiger charge is 2.18. The molecule has 2 aromatic carbocycles. The molecule has 0 aliphatic heterocycles. The molecule has 4 rings (SSSR count). The second kappa shape index (κ2) is 15.8. The van der Waals surface area contributed by atoms with Crippen molar-refractivity contribution in [1.29, 1.82) is 0 Å². The highest BCUT2D eigenvalue weighted by Crippen LogP contribution is 2.16. The van der Waals surface area contributed by atoms with Gasteiger partial charge in [0.25, 0.3) is 5.56 Å². The zero-order valence-corrected chi connectivity index (χ0v) is 24.7. The molecule has 4 N–H and O–H groups in total. The van der Waals surface area contributed by atoms with Gasteiger partial charge in [0.2, 0.25) is 0 Å². The molecule has 226 valence electrons. The van der Waals surface area contributed by atoms with Crippen LogP contribution >= 0.6 is 0 Å². The number of aliphatic hydroxyl groups excluding tert-OH is 1. The Morgan fingerprint density at radius 2 is 1.79 bits per heavy atom. The third-order valence-corrected chi connectivity index (χ3v) is 6.69. The number of aliphatic carboxylic acids is 1. The topological polar surface area (TPSA) is 155 Å². The summed E-state index contributed by atoms with van der Waals surface area (Å²) in [4.78, 5) is 28.9. The van der Waals surface area contributed by atoms with Gasteiger partial charge in [0, 0.05) is 20.1 Å². The van der Waals surface area contributed by atoms with Gasteiger partial charge in [0.15, 0.2) is 11.6 Å². The van der Waals surface area contributed by atoms with Crippen LogP contribution in [0.4, 0.5) is 0 Å². The molecule has 0 aliphatic carbocycles. The summed E-state index contributed by atoms with van der Waals surface area (Å²) in [5.74, 6) is 0.291. The number of benzene rings is 2. The number of aryl methyl sites for hydroxylation is 3. The van der Waals surface area contributed by atoms with E-state index in [0.29, 0.717) is 42.4 Å². The highest BCUT2D eigenvalue weighted by molar-refractivity contribution is 5.76.